The predicted octanol–water partition coefficient (Wildman–Crippen LogP) is 1.79. The number of aromatic nitrogens is 2. The number of nitrogens with zero attached hydrogens (tertiary/aromatic N) is 2. The standard InChI is InChI=1S/C12H23N3/c1-5-11-10(8-9-13-4)12(6-2)15(7-3)14-11/h13H,5-9H2,1-4H3. The fourth-order valence-electron chi connectivity index (χ4n) is 2.07. The topological polar surface area (TPSA) is 29.9 Å². The molecule has 0 saturated heterocycles. The van der Waals surface area contributed by atoms with Crippen LogP contribution >= 0.6 is 0 Å². The van der Waals surface area contributed by atoms with Crippen molar-refractivity contribution in [2.24, 2.45) is 0 Å². The molecule has 0 fully saturated rings. The summed E-state index contributed by atoms with van der Waals surface area (Å²) in [6.45, 7) is 8.58. The van der Waals surface area contributed by atoms with Crippen LogP contribution in [0.3, 0.4) is 0 Å². The van der Waals surface area contributed by atoms with Gasteiger partial charge in [0.15, 0.2) is 0 Å². The zero-order valence-electron chi connectivity index (χ0n) is 10.4. The average Bonchev–Trinajstić information content (AvgIpc) is 2.62. The van der Waals surface area contributed by atoms with Crippen LogP contribution in [0.15, 0.2) is 0 Å². The Morgan fingerprint density at radius 2 is 1.93 bits per heavy atom. The smallest absolute Gasteiger partial charge is 0.0657 e. The van der Waals surface area contributed by atoms with Gasteiger partial charge in [-0.2, -0.15) is 5.10 Å². The van der Waals surface area contributed by atoms with Gasteiger partial charge < -0.3 is 5.32 Å². The van der Waals surface area contributed by atoms with E-state index in [1.807, 2.05) is 7.05 Å². The number of likely N-dealkylation sites (N-methyl/N-ethyl adjacent to an activating group) is 1. The van der Waals surface area contributed by atoms with E-state index < -0.39 is 0 Å². The minimum absolute atomic E-state index is 0.982. The van der Waals surface area contributed by atoms with Crippen LogP contribution in [0.1, 0.15) is 37.7 Å². The summed E-state index contributed by atoms with van der Waals surface area (Å²) in [4.78, 5) is 0. The van der Waals surface area contributed by atoms with Crippen LogP contribution in [0.2, 0.25) is 0 Å². The van der Waals surface area contributed by atoms with Crippen molar-refractivity contribution in [1.29, 1.82) is 0 Å². The van der Waals surface area contributed by atoms with Gasteiger partial charge in [0.1, 0.15) is 0 Å². The highest BCUT2D eigenvalue weighted by Gasteiger charge is 2.13. The molecular weight excluding hydrogens is 186 g/mol. The maximum Gasteiger partial charge on any atom is 0.0657 e. The van der Waals surface area contributed by atoms with Gasteiger partial charge in [0.05, 0.1) is 5.69 Å². The van der Waals surface area contributed by atoms with E-state index in [2.05, 4.69) is 35.9 Å². The summed E-state index contributed by atoms with van der Waals surface area (Å²) < 4.78 is 2.16. The Hall–Kier alpha value is -0.830. The Morgan fingerprint density at radius 1 is 1.20 bits per heavy atom. The van der Waals surface area contributed by atoms with Gasteiger partial charge in [-0.3, -0.25) is 4.68 Å². The van der Waals surface area contributed by atoms with Crippen molar-refractivity contribution in [2.75, 3.05) is 13.6 Å². The molecule has 3 nitrogen and oxygen atoms in total. The first-order valence-corrected chi connectivity index (χ1v) is 6.00. The molecule has 86 valence electrons. The van der Waals surface area contributed by atoms with Crippen molar-refractivity contribution >= 4 is 0 Å². The quantitative estimate of drug-likeness (QED) is 0.774. The lowest BCUT2D eigenvalue weighted by molar-refractivity contribution is 0.616. The van der Waals surface area contributed by atoms with E-state index in [0.717, 1.165) is 32.4 Å². The van der Waals surface area contributed by atoms with Gasteiger partial charge in [0.2, 0.25) is 0 Å². The SMILES string of the molecule is CCc1nn(CC)c(CC)c1CCNC. The van der Waals surface area contributed by atoms with E-state index in [0.29, 0.717) is 0 Å². The molecule has 1 aromatic rings. The predicted molar refractivity (Wildman–Crippen MR) is 64.3 cm³/mol. The Labute approximate surface area is 92.9 Å². The molecule has 0 unspecified atom stereocenters. The summed E-state index contributed by atoms with van der Waals surface area (Å²) in [5.41, 5.74) is 4.17. The molecule has 0 spiro atoms. The summed E-state index contributed by atoms with van der Waals surface area (Å²) in [6.07, 6.45) is 3.22. The fraction of sp³-hybridized carbons (Fsp3) is 0.750. The van der Waals surface area contributed by atoms with Crippen LogP contribution in [0, 0.1) is 0 Å². The van der Waals surface area contributed by atoms with Crippen LogP contribution in [0.5, 0.6) is 0 Å². The molecule has 1 heterocycles. The zero-order valence-corrected chi connectivity index (χ0v) is 10.4. The minimum Gasteiger partial charge on any atom is -0.319 e. The van der Waals surface area contributed by atoms with Gasteiger partial charge in [-0.15, -0.1) is 0 Å². The Bertz CT molecular complexity index is 302. The highest BCUT2D eigenvalue weighted by atomic mass is 15.3. The molecule has 0 aliphatic rings. The third-order valence-corrected chi connectivity index (χ3v) is 2.84. The van der Waals surface area contributed by atoms with Crippen LogP contribution in [0.25, 0.3) is 0 Å². The first-order chi connectivity index (χ1) is 7.28. The first kappa shape index (κ1) is 12.2. The van der Waals surface area contributed by atoms with Crippen LogP contribution in [-0.2, 0) is 25.8 Å². The highest BCUT2D eigenvalue weighted by Crippen LogP contribution is 2.16. The summed E-state index contributed by atoms with van der Waals surface area (Å²) in [5.74, 6) is 0. The molecule has 1 N–H and O–H groups in total. The van der Waals surface area contributed by atoms with E-state index in [-0.39, 0.29) is 0 Å². The summed E-state index contributed by atoms with van der Waals surface area (Å²) in [5, 5.41) is 7.87. The monoisotopic (exact) mass is 209 g/mol. The minimum atomic E-state index is 0.982. The van der Waals surface area contributed by atoms with Crippen molar-refractivity contribution in [1.82, 2.24) is 15.1 Å². The largest absolute Gasteiger partial charge is 0.319 e. The molecule has 0 aliphatic heterocycles. The average molecular weight is 209 g/mol. The molecule has 0 aromatic carbocycles. The highest BCUT2D eigenvalue weighted by molar-refractivity contribution is 5.27. The lowest BCUT2D eigenvalue weighted by atomic mass is 10.1. The lowest BCUT2D eigenvalue weighted by Gasteiger charge is -2.05. The second-order valence-corrected chi connectivity index (χ2v) is 3.75. The van der Waals surface area contributed by atoms with E-state index in [4.69, 9.17) is 0 Å². The Morgan fingerprint density at radius 3 is 2.40 bits per heavy atom. The van der Waals surface area contributed by atoms with Crippen molar-refractivity contribution in [3.8, 4) is 0 Å². The van der Waals surface area contributed by atoms with Gasteiger partial charge in [0.25, 0.3) is 0 Å². The molecule has 0 saturated carbocycles. The van der Waals surface area contributed by atoms with Crippen molar-refractivity contribution in [2.45, 2.75) is 46.6 Å². The van der Waals surface area contributed by atoms with Crippen LogP contribution in [-0.4, -0.2) is 23.4 Å². The lowest BCUT2D eigenvalue weighted by Crippen LogP contribution is -2.12. The molecular formula is C12H23N3. The maximum atomic E-state index is 4.66. The summed E-state index contributed by atoms with van der Waals surface area (Å²) in [6, 6.07) is 0. The van der Waals surface area contributed by atoms with Gasteiger partial charge >= 0.3 is 0 Å². The molecule has 1 aromatic heterocycles. The molecule has 1 rings (SSSR count). The second kappa shape index (κ2) is 5.91. The van der Waals surface area contributed by atoms with Crippen molar-refractivity contribution in [3.63, 3.8) is 0 Å². The van der Waals surface area contributed by atoms with E-state index >= 15 is 0 Å². The van der Waals surface area contributed by atoms with Crippen LogP contribution < -0.4 is 5.32 Å². The van der Waals surface area contributed by atoms with Crippen LogP contribution in [0.4, 0.5) is 0 Å². The number of rotatable bonds is 6. The second-order valence-electron chi connectivity index (χ2n) is 3.75. The van der Waals surface area contributed by atoms with Gasteiger partial charge in [0, 0.05) is 12.2 Å². The normalized spacial score (nSPS) is 10.9. The molecule has 0 amide bonds. The third kappa shape index (κ3) is 2.59. The van der Waals surface area contributed by atoms with E-state index in [1.165, 1.54) is 17.0 Å². The van der Waals surface area contributed by atoms with Gasteiger partial charge in [-0.1, -0.05) is 13.8 Å². The number of nitrogens with one attached hydrogen (secondary N) is 1. The van der Waals surface area contributed by atoms with E-state index in [9.17, 15) is 0 Å². The van der Waals surface area contributed by atoms with Gasteiger partial charge in [-0.05, 0) is 45.3 Å². The fourth-order valence-corrected chi connectivity index (χ4v) is 2.07. The summed E-state index contributed by atoms with van der Waals surface area (Å²) in [7, 11) is 2.00. The van der Waals surface area contributed by atoms with E-state index in [1.54, 1.807) is 0 Å². The third-order valence-electron chi connectivity index (χ3n) is 2.84. The molecule has 0 aliphatic carbocycles. The Kier molecular flexibility index (Phi) is 4.82. The molecule has 0 atom stereocenters. The molecule has 0 radical (unpaired) electrons. The van der Waals surface area contributed by atoms with Crippen molar-refractivity contribution in [3.05, 3.63) is 17.0 Å². The number of hydrogen-bond donors (Lipinski definition) is 1. The number of hydrogen-bond acceptors (Lipinski definition) is 2. The molecule has 0 bridgehead atoms. The molecule has 15 heavy (non-hydrogen) atoms. The van der Waals surface area contributed by atoms with Crippen molar-refractivity contribution < 1.29 is 0 Å². The molecule has 3 heteroatoms. The first-order valence-electron chi connectivity index (χ1n) is 6.00. The number of aryl methyl sites for hydroxylation is 2. The van der Waals surface area contributed by atoms with Gasteiger partial charge in [-0.25, -0.2) is 0 Å². The summed E-state index contributed by atoms with van der Waals surface area (Å²) >= 11 is 0. The maximum absolute atomic E-state index is 4.66. The Balaban J connectivity index is 3.01. The zero-order chi connectivity index (χ0) is 11.3.